The fraction of sp³-hybridized carbons (Fsp3) is 0.292. The lowest BCUT2D eigenvalue weighted by Crippen LogP contribution is -2.41. The van der Waals surface area contributed by atoms with Gasteiger partial charge >= 0.3 is 0 Å². The van der Waals surface area contributed by atoms with Gasteiger partial charge in [0, 0.05) is 30.1 Å². The number of rotatable bonds is 5. The summed E-state index contributed by atoms with van der Waals surface area (Å²) in [6.07, 6.45) is 1.06. The van der Waals surface area contributed by atoms with Crippen molar-refractivity contribution >= 4 is 32.4 Å². The van der Waals surface area contributed by atoms with Crippen LogP contribution in [0, 0.1) is 12.8 Å². The molecule has 3 aromatic rings. The van der Waals surface area contributed by atoms with Crippen LogP contribution in [0.3, 0.4) is 0 Å². The highest BCUT2D eigenvalue weighted by molar-refractivity contribution is 7.88. The molecule has 0 aromatic heterocycles. The van der Waals surface area contributed by atoms with E-state index in [2.05, 4.69) is 5.32 Å². The number of nitrogens with one attached hydrogen (secondary N) is 1. The molecule has 0 unspecified atom stereocenters. The molecule has 0 radical (unpaired) electrons. The smallest absolute Gasteiger partial charge is 0.227 e. The minimum Gasteiger partial charge on any atom is -0.325 e. The molecular formula is C24H26N2O3S. The summed E-state index contributed by atoms with van der Waals surface area (Å²) in [6, 6.07) is 21.4. The van der Waals surface area contributed by atoms with Gasteiger partial charge in [0.15, 0.2) is 0 Å². The van der Waals surface area contributed by atoms with Crippen LogP contribution in [-0.2, 0) is 20.6 Å². The minimum atomic E-state index is -3.39. The number of hydrogen-bond acceptors (Lipinski definition) is 3. The first kappa shape index (κ1) is 20.6. The molecule has 0 spiro atoms. The number of benzene rings is 3. The Morgan fingerprint density at radius 1 is 1.00 bits per heavy atom. The van der Waals surface area contributed by atoms with E-state index in [1.165, 1.54) is 4.31 Å². The largest absolute Gasteiger partial charge is 0.325 e. The van der Waals surface area contributed by atoms with E-state index in [0.717, 1.165) is 27.6 Å². The molecule has 1 aliphatic rings. The van der Waals surface area contributed by atoms with Crippen molar-refractivity contribution in [2.75, 3.05) is 18.4 Å². The van der Waals surface area contributed by atoms with Gasteiger partial charge in [-0.1, -0.05) is 66.2 Å². The number of nitrogens with zero attached hydrogens (tertiary/aromatic N) is 1. The number of hydrogen-bond donors (Lipinski definition) is 1. The lowest BCUT2D eigenvalue weighted by Gasteiger charge is -2.30. The Bertz CT molecular complexity index is 1160. The van der Waals surface area contributed by atoms with Crippen molar-refractivity contribution < 1.29 is 13.2 Å². The maximum absolute atomic E-state index is 12.8. The van der Waals surface area contributed by atoms with E-state index < -0.39 is 10.0 Å². The standard InChI is InChI=1S/C24H26N2O3S/c1-18-6-4-7-19(16-18)17-30(28,29)26-14-12-21(13-15-26)24(27)25-23-11-5-9-20-8-2-3-10-22(20)23/h2-11,16,21H,12-15,17H2,1H3,(H,25,27). The van der Waals surface area contributed by atoms with Crippen molar-refractivity contribution in [2.24, 2.45) is 5.92 Å². The van der Waals surface area contributed by atoms with E-state index in [0.29, 0.717) is 25.9 Å². The summed E-state index contributed by atoms with van der Waals surface area (Å²) in [6.45, 7) is 2.71. The number of aryl methyl sites for hydroxylation is 1. The molecule has 3 aromatic carbocycles. The molecule has 5 nitrogen and oxygen atoms in total. The van der Waals surface area contributed by atoms with Gasteiger partial charge in [0.2, 0.25) is 15.9 Å². The van der Waals surface area contributed by atoms with Gasteiger partial charge < -0.3 is 5.32 Å². The Kier molecular flexibility index (Phi) is 5.88. The van der Waals surface area contributed by atoms with Crippen LogP contribution in [0.2, 0.25) is 0 Å². The van der Waals surface area contributed by atoms with Crippen LogP contribution in [0.25, 0.3) is 10.8 Å². The van der Waals surface area contributed by atoms with Crippen molar-refractivity contribution in [1.82, 2.24) is 4.31 Å². The first-order chi connectivity index (χ1) is 14.4. The summed E-state index contributed by atoms with van der Waals surface area (Å²) in [5.41, 5.74) is 2.64. The van der Waals surface area contributed by atoms with Gasteiger partial charge in [-0.15, -0.1) is 0 Å². The zero-order valence-corrected chi connectivity index (χ0v) is 17.9. The third kappa shape index (κ3) is 4.55. The molecule has 156 valence electrons. The number of carbonyl (C=O) groups excluding carboxylic acids is 1. The maximum Gasteiger partial charge on any atom is 0.227 e. The number of piperidine rings is 1. The minimum absolute atomic E-state index is 0.00154. The van der Waals surface area contributed by atoms with E-state index in [-0.39, 0.29) is 17.6 Å². The predicted molar refractivity (Wildman–Crippen MR) is 121 cm³/mol. The summed E-state index contributed by atoms with van der Waals surface area (Å²) in [5.74, 6) is -0.224. The lowest BCUT2D eigenvalue weighted by atomic mass is 9.97. The topological polar surface area (TPSA) is 66.5 Å². The van der Waals surface area contributed by atoms with Gasteiger partial charge in [0.1, 0.15) is 0 Å². The summed E-state index contributed by atoms with van der Waals surface area (Å²) in [4.78, 5) is 12.8. The van der Waals surface area contributed by atoms with Gasteiger partial charge in [0.25, 0.3) is 0 Å². The molecular weight excluding hydrogens is 396 g/mol. The Balaban J connectivity index is 1.38. The zero-order chi connectivity index (χ0) is 21.1. The monoisotopic (exact) mass is 422 g/mol. The Labute approximate surface area is 177 Å². The second-order valence-electron chi connectivity index (χ2n) is 7.93. The van der Waals surface area contributed by atoms with E-state index in [1.807, 2.05) is 73.7 Å². The molecule has 0 aliphatic carbocycles. The van der Waals surface area contributed by atoms with Crippen LogP contribution in [0.4, 0.5) is 5.69 Å². The number of fused-ring (bicyclic) bond motifs is 1. The Morgan fingerprint density at radius 3 is 2.47 bits per heavy atom. The van der Waals surface area contributed by atoms with Crippen molar-refractivity contribution in [3.05, 3.63) is 77.9 Å². The first-order valence-corrected chi connectivity index (χ1v) is 11.9. The van der Waals surface area contributed by atoms with E-state index in [1.54, 1.807) is 0 Å². The second kappa shape index (κ2) is 8.58. The number of carbonyl (C=O) groups is 1. The second-order valence-corrected chi connectivity index (χ2v) is 9.90. The quantitative estimate of drug-likeness (QED) is 0.666. The average Bonchev–Trinajstić information content (AvgIpc) is 2.74. The normalized spacial score (nSPS) is 15.9. The van der Waals surface area contributed by atoms with Gasteiger partial charge in [-0.25, -0.2) is 12.7 Å². The molecule has 0 saturated carbocycles. The van der Waals surface area contributed by atoms with Crippen molar-refractivity contribution in [1.29, 1.82) is 0 Å². The van der Waals surface area contributed by atoms with Gasteiger partial charge in [-0.3, -0.25) is 4.79 Å². The Hall–Kier alpha value is -2.70. The molecule has 30 heavy (non-hydrogen) atoms. The van der Waals surface area contributed by atoms with Gasteiger partial charge in [-0.05, 0) is 36.8 Å². The fourth-order valence-corrected chi connectivity index (χ4v) is 5.62. The highest BCUT2D eigenvalue weighted by atomic mass is 32.2. The summed E-state index contributed by atoms with van der Waals surface area (Å²) < 4.78 is 27.1. The van der Waals surface area contributed by atoms with E-state index in [4.69, 9.17) is 0 Å². The predicted octanol–water partition coefficient (Wildman–Crippen LogP) is 4.33. The third-order valence-electron chi connectivity index (χ3n) is 5.70. The third-order valence-corrected chi connectivity index (χ3v) is 7.55. The molecule has 6 heteroatoms. The molecule has 1 N–H and O–H groups in total. The van der Waals surface area contributed by atoms with Crippen LogP contribution in [0.5, 0.6) is 0 Å². The lowest BCUT2D eigenvalue weighted by molar-refractivity contribution is -0.120. The van der Waals surface area contributed by atoms with Crippen molar-refractivity contribution in [2.45, 2.75) is 25.5 Å². The van der Waals surface area contributed by atoms with E-state index >= 15 is 0 Å². The molecule has 1 saturated heterocycles. The molecule has 0 bridgehead atoms. The van der Waals surface area contributed by atoms with Crippen LogP contribution < -0.4 is 5.32 Å². The van der Waals surface area contributed by atoms with Crippen molar-refractivity contribution in [3.63, 3.8) is 0 Å². The van der Waals surface area contributed by atoms with Crippen LogP contribution in [0.15, 0.2) is 66.7 Å². The molecule has 1 fully saturated rings. The SMILES string of the molecule is Cc1cccc(CS(=O)(=O)N2CCC(C(=O)Nc3cccc4ccccc34)CC2)c1. The molecule has 1 aliphatic heterocycles. The van der Waals surface area contributed by atoms with Crippen molar-refractivity contribution in [3.8, 4) is 0 Å². The Morgan fingerprint density at radius 2 is 1.70 bits per heavy atom. The summed E-state index contributed by atoms with van der Waals surface area (Å²) in [5, 5.41) is 5.13. The highest BCUT2D eigenvalue weighted by Gasteiger charge is 2.31. The first-order valence-electron chi connectivity index (χ1n) is 10.2. The van der Waals surface area contributed by atoms with Crippen LogP contribution in [0.1, 0.15) is 24.0 Å². The fourth-order valence-electron chi connectivity index (χ4n) is 4.07. The summed E-state index contributed by atoms with van der Waals surface area (Å²) >= 11 is 0. The molecule has 4 rings (SSSR count). The molecule has 0 atom stereocenters. The highest BCUT2D eigenvalue weighted by Crippen LogP contribution is 2.26. The van der Waals surface area contributed by atoms with Crippen LogP contribution >= 0.6 is 0 Å². The summed E-state index contributed by atoms with van der Waals surface area (Å²) in [7, 11) is -3.39. The molecule has 1 heterocycles. The van der Waals surface area contributed by atoms with Gasteiger partial charge in [0.05, 0.1) is 5.75 Å². The van der Waals surface area contributed by atoms with Crippen LogP contribution in [-0.4, -0.2) is 31.7 Å². The molecule has 1 amide bonds. The van der Waals surface area contributed by atoms with Gasteiger partial charge in [-0.2, -0.15) is 0 Å². The number of amides is 1. The van der Waals surface area contributed by atoms with E-state index in [9.17, 15) is 13.2 Å². The average molecular weight is 423 g/mol. The maximum atomic E-state index is 12.8. The zero-order valence-electron chi connectivity index (χ0n) is 17.0. The number of anilines is 1. The number of sulfonamides is 1.